The van der Waals surface area contributed by atoms with Crippen molar-refractivity contribution in [3.63, 3.8) is 0 Å². The van der Waals surface area contributed by atoms with Gasteiger partial charge in [-0.3, -0.25) is 4.98 Å². The summed E-state index contributed by atoms with van der Waals surface area (Å²) in [4.78, 5) is 9.15. The number of benzene rings is 1. The van der Waals surface area contributed by atoms with Crippen molar-refractivity contribution in [2.45, 2.75) is 39.2 Å². The molecule has 0 saturated heterocycles. The number of rotatable bonds is 6. The van der Waals surface area contributed by atoms with Crippen LogP contribution in [-0.2, 0) is 6.54 Å². The molecular formula is C17H20ClN3. The maximum absolute atomic E-state index is 5.73. The fourth-order valence-electron chi connectivity index (χ4n) is 2.87. The molecule has 110 valence electrons. The van der Waals surface area contributed by atoms with E-state index in [2.05, 4.69) is 39.7 Å². The minimum atomic E-state index is 0.767. The van der Waals surface area contributed by atoms with Gasteiger partial charge in [0.25, 0.3) is 0 Å². The predicted octanol–water partition coefficient (Wildman–Crippen LogP) is 4.69. The zero-order valence-electron chi connectivity index (χ0n) is 12.3. The first-order valence-electron chi connectivity index (χ1n) is 7.58. The highest BCUT2D eigenvalue weighted by molar-refractivity contribution is 6.17. The molecule has 0 bridgehead atoms. The predicted molar refractivity (Wildman–Crippen MR) is 89.0 cm³/mol. The number of aromatic nitrogens is 3. The Kier molecular flexibility index (Phi) is 4.39. The molecule has 0 amide bonds. The number of hydrogen-bond acceptors (Lipinski definition) is 2. The van der Waals surface area contributed by atoms with Gasteiger partial charge in [-0.15, -0.1) is 11.6 Å². The summed E-state index contributed by atoms with van der Waals surface area (Å²) < 4.78 is 2.33. The quantitative estimate of drug-likeness (QED) is 0.488. The third kappa shape index (κ3) is 2.88. The number of aryl methyl sites for hydroxylation is 2. The third-order valence-electron chi connectivity index (χ3n) is 3.94. The third-order valence-corrected chi connectivity index (χ3v) is 4.20. The lowest BCUT2D eigenvalue weighted by atomic mass is 10.2. The standard InChI is InChI=1S/C17H20ClN3/c1-13-20-16-12-19-15-9-5-4-8-14(15)17(16)21(13)11-7-3-2-6-10-18/h4-5,8-9,12H,2-3,6-7,10-11H2,1H3. The lowest BCUT2D eigenvalue weighted by molar-refractivity contribution is 0.584. The molecule has 0 fully saturated rings. The van der Waals surface area contributed by atoms with Crippen molar-refractivity contribution in [2.24, 2.45) is 0 Å². The van der Waals surface area contributed by atoms with E-state index < -0.39 is 0 Å². The Morgan fingerprint density at radius 3 is 2.71 bits per heavy atom. The molecule has 3 aromatic rings. The summed E-state index contributed by atoms with van der Waals surface area (Å²) in [5, 5.41) is 1.19. The van der Waals surface area contributed by atoms with Crippen molar-refractivity contribution < 1.29 is 0 Å². The van der Waals surface area contributed by atoms with E-state index in [0.717, 1.165) is 35.7 Å². The maximum atomic E-state index is 5.73. The normalized spacial score (nSPS) is 11.5. The topological polar surface area (TPSA) is 30.7 Å². The number of unbranched alkanes of at least 4 members (excludes halogenated alkanes) is 3. The summed E-state index contributed by atoms with van der Waals surface area (Å²) in [6, 6.07) is 8.29. The van der Waals surface area contributed by atoms with Crippen LogP contribution in [0.3, 0.4) is 0 Å². The van der Waals surface area contributed by atoms with Crippen molar-refractivity contribution in [3.8, 4) is 0 Å². The molecule has 0 N–H and O–H groups in total. The van der Waals surface area contributed by atoms with Crippen LogP contribution >= 0.6 is 11.6 Å². The van der Waals surface area contributed by atoms with E-state index in [-0.39, 0.29) is 0 Å². The van der Waals surface area contributed by atoms with Crippen molar-refractivity contribution in [1.29, 1.82) is 0 Å². The van der Waals surface area contributed by atoms with Gasteiger partial charge in [0.2, 0.25) is 0 Å². The molecular weight excluding hydrogens is 282 g/mol. The Hall–Kier alpha value is -1.61. The Labute approximate surface area is 130 Å². The average molecular weight is 302 g/mol. The molecule has 0 radical (unpaired) electrons. The summed E-state index contributed by atoms with van der Waals surface area (Å²) >= 11 is 5.73. The van der Waals surface area contributed by atoms with Crippen LogP contribution in [0.5, 0.6) is 0 Å². The summed E-state index contributed by atoms with van der Waals surface area (Å²) in [5.41, 5.74) is 3.25. The number of imidazole rings is 1. The smallest absolute Gasteiger partial charge is 0.108 e. The summed E-state index contributed by atoms with van der Waals surface area (Å²) in [7, 11) is 0. The van der Waals surface area contributed by atoms with Gasteiger partial charge in [0.05, 0.1) is 17.2 Å². The SMILES string of the molecule is Cc1nc2cnc3ccccc3c2n1CCCCCCCl. The summed E-state index contributed by atoms with van der Waals surface area (Å²) in [5.74, 6) is 1.84. The molecule has 0 saturated carbocycles. The van der Waals surface area contributed by atoms with Crippen LogP contribution in [0.25, 0.3) is 21.9 Å². The van der Waals surface area contributed by atoms with Crippen LogP contribution in [0.2, 0.25) is 0 Å². The molecule has 3 nitrogen and oxygen atoms in total. The molecule has 1 aromatic carbocycles. The van der Waals surface area contributed by atoms with E-state index >= 15 is 0 Å². The molecule has 0 aliphatic carbocycles. The Bertz CT molecular complexity index is 748. The molecule has 0 aliphatic rings. The molecule has 2 aromatic heterocycles. The van der Waals surface area contributed by atoms with Gasteiger partial charge in [-0.05, 0) is 25.8 Å². The molecule has 0 spiro atoms. The van der Waals surface area contributed by atoms with Gasteiger partial charge in [-0.1, -0.05) is 31.0 Å². The van der Waals surface area contributed by atoms with Gasteiger partial charge in [-0.2, -0.15) is 0 Å². The number of fused-ring (bicyclic) bond motifs is 3. The summed E-state index contributed by atoms with van der Waals surface area (Å²) in [6.45, 7) is 3.09. The Morgan fingerprint density at radius 2 is 1.86 bits per heavy atom. The van der Waals surface area contributed by atoms with Crippen LogP contribution in [-0.4, -0.2) is 20.4 Å². The van der Waals surface area contributed by atoms with Gasteiger partial charge in [-0.25, -0.2) is 4.98 Å². The average Bonchev–Trinajstić information content (AvgIpc) is 2.83. The number of nitrogens with zero attached hydrogens (tertiary/aromatic N) is 3. The second-order valence-corrected chi connectivity index (χ2v) is 5.80. The second-order valence-electron chi connectivity index (χ2n) is 5.42. The lowest BCUT2D eigenvalue weighted by Crippen LogP contribution is -2.01. The summed E-state index contributed by atoms with van der Waals surface area (Å²) in [6.07, 6.45) is 6.58. The van der Waals surface area contributed by atoms with Crippen molar-refractivity contribution in [2.75, 3.05) is 5.88 Å². The first-order valence-corrected chi connectivity index (χ1v) is 8.11. The molecule has 21 heavy (non-hydrogen) atoms. The maximum Gasteiger partial charge on any atom is 0.108 e. The molecule has 2 heterocycles. The second kappa shape index (κ2) is 6.44. The number of alkyl halides is 1. The molecule has 4 heteroatoms. The fraction of sp³-hybridized carbons (Fsp3) is 0.412. The number of hydrogen-bond donors (Lipinski definition) is 0. The van der Waals surface area contributed by atoms with E-state index in [4.69, 9.17) is 11.6 Å². The highest BCUT2D eigenvalue weighted by atomic mass is 35.5. The van der Waals surface area contributed by atoms with E-state index in [9.17, 15) is 0 Å². The van der Waals surface area contributed by atoms with Crippen molar-refractivity contribution >= 4 is 33.5 Å². The largest absolute Gasteiger partial charge is 0.328 e. The van der Waals surface area contributed by atoms with Gasteiger partial charge < -0.3 is 4.57 Å². The lowest BCUT2D eigenvalue weighted by Gasteiger charge is -2.08. The number of pyridine rings is 1. The van der Waals surface area contributed by atoms with Gasteiger partial charge >= 0.3 is 0 Å². The fourth-order valence-corrected chi connectivity index (χ4v) is 3.06. The van der Waals surface area contributed by atoms with E-state index in [1.807, 2.05) is 12.3 Å². The Morgan fingerprint density at radius 1 is 1.05 bits per heavy atom. The molecule has 0 unspecified atom stereocenters. The minimum Gasteiger partial charge on any atom is -0.328 e. The van der Waals surface area contributed by atoms with Crippen molar-refractivity contribution in [1.82, 2.24) is 14.5 Å². The number of para-hydroxylation sites is 1. The van der Waals surface area contributed by atoms with Gasteiger partial charge in [0.15, 0.2) is 0 Å². The van der Waals surface area contributed by atoms with Crippen LogP contribution in [0.4, 0.5) is 0 Å². The van der Waals surface area contributed by atoms with Gasteiger partial charge in [0.1, 0.15) is 11.3 Å². The van der Waals surface area contributed by atoms with E-state index in [1.165, 1.54) is 30.2 Å². The van der Waals surface area contributed by atoms with Crippen LogP contribution in [0.1, 0.15) is 31.5 Å². The monoisotopic (exact) mass is 301 g/mol. The molecule has 0 atom stereocenters. The van der Waals surface area contributed by atoms with Gasteiger partial charge in [0, 0.05) is 17.8 Å². The van der Waals surface area contributed by atoms with Crippen LogP contribution in [0, 0.1) is 6.92 Å². The highest BCUT2D eigenvalue weighted by Crippen LogP contribution is 2.24. The minimum absolute atomic E-state index is 0.767. The van der Waals surface area contributed by atoms with Crippen molar-refractivity contribution in [3.05, 3.63) is 36.3 Å². The zero-order valence-corrected chi connectivity index (χ0v) is 13.1. The van der Waals surface area contributed by atoms with E-state index in [0.29, 0.717) is 0 Å². The van der Waals surface area contributed by atoms with Crippen LogP contribution < -0.4 is 0 Å². The van der Waals surface area contributed by atoms with Crippen LogP contribution in [0.15, 0.2) is 30.5 Å². The zero-order chi connectivity index (χ0) is 14.7. The molecule has 3 rings (SSSR count). The molecule has 0 aliphatic heterocycles. The highest BCUT2D eigenvalue weighted by Gasteiger charge is 2.11. The Balaban J connectivity index is 1.93. The first kappa shape index (κ1) is 14.3. The number of halogens is 1. The first-order chi connectivity index (χ1) is 10.3. The van der Waals surface area contributed by atoms with E-state index in [1.54, 1.807) is 0 Å².